The molecule has 0 aromatic heterocycles. The molecule has 0 saturated carbocycles. The maximum Gasteiger partial charge on any atom is 0.332 e. The summed E-state index contributed by atoms with van der Waals surface area (Å²) in [7, 11) is 0. The highest BCUT2D eigenvalue weighted by atomic mass is 16.7. The number of hydrogen-bond donors (Lipinski definition) is 1. The highest BCUT2D eigenvalue weighted by molar-refractivity contribution is 5.80. The molecule has 0 radical (unpaired) electrons. The molecule has 20 heavy (non-hydrogen) atoms. The van der Waals surface area contributed by atoms with Gasteiger partial charge in [-0.25, -0.2) is 4.79 Å². The van der Waals surface area contributed by atoms with E-state index in [1.807, 2.05) is 51.1 Å². The first-order valence-electron chi connectivity index (χ1n) is 6.81. The van der Waals surface area contributed by atoms with E-state index in [1.165, 1.54) is 0 Å². The van der Waals surface area contributed by atoms with E-state index in [9.17, 15) is 9.59 Å². The lowest BCUT2D eigenvalue weighted by Crippen LogP contribution is -2.33. The average Bonchev–Trinajstić information content (AvgIpc) is 2.35. The SMILES string of the molecule is CC(Cc1ccccc1)C(=O)NOC(=O)CC(C)(C)C. The molecule has 4 nitrogen and oxygen atoms in total. The monoisotopic (exact) mass is 277 g/mol. The molecule has 0 aliphatic rings. The fraction of sp³-hybridized carbons (Fsp3) is 0.500. The summed E-state index contributed by atoms with van der Waals surface area (Å²) in [4.78, 5) is 28.1. The summed E-state index contributed by atoms with van der Waals surface area (Å²) >= 11 is 0. The van der Waals surface area contributed by atoms with Crippen molar-refractivity contribution < 1.29 is 14.4 Å². The van der Waals surface area contributed by atoms with Crippen molar-refractivity contribution in [3.8, 4) is 0 Å². The maximum absolute atomic E-state index is 11.8. The number of carbonyl (C=O) groups excluding carboxylic acids is 2. The second-order valence-corrected chi connectivity index (χ2v) is 6.27. The van der Waals surface area contributed by atoms with Gasteiger partial charge in [-0.3, -0.25) is 4.79 Å². The number of carbonyl (C=O) groups is 2. The van der Waals surface area contributed by atoms with E-state index in [1.54, 1.807) is 6.92 Å². The Kier molecular flexibility index (Phi) is 5.74. The normalized spacial score (nSPS) is 12.6. The molecular weight excluding hydrogens is 254 g/mol. The van der Waals surface area contributed by atoms with Gasteiger partial charge in [-0.2, -0.15) is 5.48 Å². The predicted molar refractivity (Wildman–Crippen MR) is 77.6 cm³/mol. The van der Waals surface area contributed by atoms with Crippen LogP contribution in [-0.2, 0) is 20.8 Å². The lowest BCUT2D eigenvalue weighted by Gasteiger charge is -2.17. The highest BCUT2D eigenvalue weighted by Crippen LogP contribution is 2.18. The fourth-order valence-corrected chi connectivity index (χ4v) is 1.74. The van der Waals surface area contributed by atoms with Crippen LogP contribution in [0.5, 0.6) is 0 Å². The van der Waals surface area contributed by atoms with Crippen LogP contribution in [0.4, 0.5) is 0 Å². The molecule has 1 rings (SSSR count). The van der Waals surface area contributed by atoms with Crippen molar-refractivity contribution in [2.75, 3.05) is 0 Å². The topological polar surface area (TPSA) is 55.4 Å². The minimum atomic E-state index is -0.419. The molecule has 1 atom stereocenters. The third kappa shape index (κ3) is 6.36. The van der Waals surface area contributed by atoms with Crippen LogP contribution in [0, 0.1) is 11.3 Å². The number of hydrogen-bond acceptors (Lipinski definition) is 3. The van der Waals surface area contributed by atoms with E-state index in [4.69, 9.17) is 4.84 Å². The smallest absolute Gasteiger partial charge is 0.332 e. The molecule has 0 bridgehead atoms. The predicted octanol–water partition coefficient (Wildman–Crippen LogP) is 2.88. The summed E-state index contributed by atoms with van der Waals surface area (Å²) in [6.45, 7) is 7.62. The summed E-state index contributed by atoms with van der Waals surface area (Å²) in [6.07, 6.45) is 0.879. The van der Waals surface area contributed by atoms with Crippen LogP contribution < -0.4 is 5.48 Å². The number of nitrogens with one attached hydrogen (secondary N) is 1. The second kappa shape index (κ2) is 7.08. The molecule has 1 unspecified atom stereocenters. The lowest BCUT2D eigenvalue weighted by atomic mass is 9.93. The molecule has 0 aliphatic heterocycles. The van der Waals surface area contributed by atoms with Crippen molar-refractivity contribution in [3.05, 3.63) is 35.9 Å². The first kappa shape index (κ1) is 16.2. The standard InChI is InChI=1S/C16H23NO3/c1-12(10-13-8-6-5-7-9-13)15(19)17-20-14(18)11-16(2,3)4/h5-9,12H,10-11H2,1-4H3,(H,17,19). The van der Waals surface area contributed by atoms with Crippen molar-refractivity contribution in [2.24, 2.45) is 11.3 Å². The molecule has 4 heteroatoms. The second-order valence-electron chi connectivity index (χ2n) is 6.27. The maximum atomic E-state index is 11.8. The summed E-state index contributed by atoms with van der Waals surface area (Å²) in [5.41, 5.74) is 3.16. The molecule has 1 aromatic rings. The van der Waals surface area contributed by atoms with E-state index < -0.39 is 5.97 Å². The number of amides is 1. The van der Waals surface area contributed by atoms with Gasteiger partial charge in [0.05, 0.1) is 6.42 Å². The van der Waals surface area contributed by atoms with Gasteiger partial charge in [-0.05, 0) is 17.4 Å². The zero-order valence-electron chi connectivity index (χ0n) is 12.6. The van der Waals surface area contributed by atoms with Gasteiger partial charge in [0, 0.05) is 5.92 Å². The van der Waals surface area contributed by atoms with Crippen LogP contribution >= 0.6 is 0 Å². The van der Waals surface area contributed by atoms with Crippen molar-refractivity contribution in [3.63, 3.8) is 0 Å². The summed E-state index contributed by atoms with van der Waals surface area (Å²) in [6, 6.07) is 9.74. The van der Waals surface area contributed by atoms with Crippen LogP contribution in [0.15, 0.2) is 30.3 Å². The van der Waals surface area contributed by atoms with E-state index in [2.05, 4.69) is 5.48 Å². The molecule has 1 aromatic carbocycles. The number of hydroxylamine groups is 1. The van der Waals surface area contributed by atoms with Gasteiger partial charge < -0.3 is 4.84 Å². The Morgan fingerprint density at radius 3 is 2.35 bits per heavy atom. The Morgan fingerprint density at radius 1 is 1.20 bits per heavy atom. The van der Waals surface area contributed by atoms with Crippen molar-refractivity contribution in [1.29, 1.82) is 0 Å². The molecule has 110 valence electrons. The molecule has 0 fully saturated rings. The molecule has 0 saturated heterocycles. The summed E-state index contributed by atoms with van der Waals surface area (Å²) in [5.74, 6) is -0.950. The van der Waals surface area contributed by atoms with Crippen molar-refractivity contribution >= 4 is 11.9 Å². The van der Waals surface area contributed by atoms with E-state index in [0.717, 1.165) is 5.56 Å². The molecule has 0 spiro atoms. The fourth-order valence-electron chi connectivity index (χ4n) is 1.74. The summed E-state index contributed by atoms with van der Waals surface area (Å²) in [5, 5.41) is 0. The quantitative estimate of drug-likeness (QED) is 0.861. The number of rotatable bonds is 4. The molecule has 1 amide bonds. The van der Waals surface area contributed by atoms with E-state index in [0.29, 0.717) is 6.42 Å². The largest absolute Gasteiger partial charge is 0.341 e. The average molecular weight is 277 g/mol. The van der Waals surface area contributed by atoms with Crippen LogP contribution in [0.3, 0.4) is 0 Å². The number of benzene rings is 1. The molecule has 0 aliphatic carbocycles. The van der Waals surface area contributed by atoms with Gasteiger partial charge in [-0.1, -0.05) is 58.0 Å². The minimum absolute atomic E-state index is 0.155. The Balaban J connectivity index is 2.37. The minimum Gasteiger partial charge on any atom is -0.341 e. The Bertz CT molecular complexity index is 449. The van der Waals surface area contributed by atoms with Crippen molar-refractivity contribution in [2.45, 2.75) is 40.5 Å². The Hall–Kier alpha value is -1.84. The Morgan fingerprint density at radius 2 is 1.80 bits per heavy atom. The van der Waals surface area contributed by atoms with Crippen molar-refractivity contribution in [1.82, 2.24) is 5.48 Å². The molecule has 0 heterocycles. The third-order valence-corrected chi connectivity index (χ3v) is 2.77. The molecule has 1 N–H and O–H groups in total. The van der Waals surface area contributed by atoms with Crippen LogP contribution in [0.2, 0.25) is 0 Å². The van der Waals surface area contributed by atoms with Gasteiger partial charge in [0.25, 0.3) is 5.91 Å². The Labute approximate surface area is 120 Å². The van der Waals surface area contributed by atoms with Crippen LogP contribution in [0.25, 0.3) is 0 Å². The van der Waals surface area contributed by atoms with Crippen LogP contribution in [-0.4, -0.2) is 11.9 Å². The zero-order valence-corrected chi connectivity index (χ0v) is 12.6. The van der Waals surface area contributed by atoms with Gasteiger partial charge in [0.1, 0.15) is 0 Å². The van der Waals surface area contributed by atoms with Gasteiger partial charge >= 0.3 is 5.97 Å². The first-order valence-corrected chi connectivity index (χ1v) is 6.81. The molecular formula is C16H23NO3. The zero-order chi connectivity index (χ0) is 15.2. The lowest BCUT2D eigenvalue weighted by molar-refractivity contribution is -0.161. The highest BCUT2D eigenvalue weighted by Gasteiger charge is 2.19. The first-order chi connectivity index (χ1) is 9.28. The van der Waals surface area contributed by atoms with Gasteiger partial charge in [0.2, 0.25) is 0 Å². The van der Waals surface area contributed by atoms with E-state index >= 15 is 0 Å². The van der Waals surface area contributed by atoms with E-state index in [-0.39, 0.29) is 23.7 Å². The van der Waals surface area contributed by atoms with Gasteiger partial charge in [-0.15, -0.1) is 0 Å². The van der Waals surface area contributed by atoms with Crippen LogP contribution in [0.1, 0.15) is 39.7 Å². The third-order valence-electron chi connectivity index (χ3n) is 2.77. The summed E-state index contributed by atoms with van der Waals surface area (Å²) < 4.78 is 0. The van der Waals surface area contributed by atoms with Gasteiger partial charge in [0.15, 0.2) is 0 Å².